The van der Waals surface area contributed by atoms with Crippen LogP contribution in [0.5, 0.6) is 0 Å². The van der Waals surface area contributed by atoms with Gasteiger partial charge in [0.2, 0.25) is 0 Å². The van der Waals surface area contributed by atoms with E-state index in [2.05, 4.69) is 29.0 Å². The minimum absolute atomic E-state index is 0.756. The van der Waals surface area contributed by atoms with E-state index in [4.69, 9.17) is 5.73 Å². The van der Waals surface area contributed by atoms with Crippen molar-refractivity contribution in [3.8, 4) is 0 Å². The van der Waals surface area contributed by atoms with Gasteiger partial charge in [-0.3, -0.25) is 0 Å². The van der Waals surface area contributed by atoms with E-state index in [1.165, 1.54) is 6.42 Å². The molecule has 0 saturated heterocycles. The van der Waals surface area contributed by atoms with Crippen LogP contribution < -0.4 is 11.1 Å². The molecule has 96 valence electrons. The van der Waals surface area contributed by atoms with Gasteiger partial charge in [0.1, 0.15) is 5.82 Å². The number of rotatable bonds is 7. The lowest BCUT2D eigenvalue weighted by molar-refractivity contribution is 0.300. The molecule has 1 heterocycles. The second-order valence-electron chi connectivity index (χ2n) is 4.25. The van der Waals surface area contributed by atoms with Crippen LogP contribution in [0, 0.1) is 6.92 Å². The highest BCUT2D eigenvalue weighted by Crippen LogP contribution is 2.18. The molecule has 0 aliphatic rings. The maximum Gasteiger partial charge on any atom is 0.149 e. The average Bonchev–Trinajstić information content (AvgIpc) is 2.33. The van der Waals surface area contributed by atoms with E-state index in [-0.39, 0.29) is 0 Å². The molecule has 0 aliphatic carbocycles. The summed E-state index contributed by atoms with van der Waals surface area (Å²) in [4.78, 5) is 6.67. The summed E-state index contributed by atoms with van der Waals surface area (Å²) in [5.41, 5.74) is 7.78. The average molecular weight is 236 g/mol. The number of aryl methyl sites for hydroxylation is 1. The molecule has 0 spiro atoms. The molecule has 0 amide bonds. The van der Waals surface area contributed by atoms with Crippen molar-refractivity contribution >= 4 is 11.5 Å². The van der Waals surface area contributed by atoms with Gasteiger partial charge in [0.05, 0.1) is 5.69 Å². The molecule has 4 heteroatoms. The Balaban J connectivity index is 2.42. The number of anilines is 2. The number of nitrogens with two attached hydrogens (primary N) is 1. The van der Waals surface area contributed by atoms with Gasteiger partial charge in [-0.25, -0.2) is 4.98 Å². The predicted octanol–water partition coefficient (Wildman–Crippen LogP) is 2.12. The summed E-state index contributed by atoms with van der Waals surface area (Å²) in [5, 5.41) is 3.30. The highest BCUT2D eigenvalue weighted by molar-refractivity contribution is 5.64. The van der Waals surface area contributed by atoms with Crippen molar-refractivity contribution < 1.29 is 0 Å². The lowest BCUT2D eigenvalue weighted by Crippen LogP contribution is -2.29. The Bertz CT molecular complexity index is 338. The normalized spacial score (nSPS) is 10.8. The molecule has 1 rings (SSSR count). The Labute approximate surface area is 104 Å². The van der Waals surface area contributed by atoms with Crippen LogP contribution in [0.1, 0.15) is 25.8 Å². The van der Waals surface area contributed by atoms with Gasteiger partial charge in [0, 0.05) is 19.3 Å². The minimum Gasteiger partial charge on any atom is -0.396 e. The van der Waals surface area contributed by atoms with Crippen LogP contribution in [0.15, 0.2) is 12.3 Å². The fourth-order valence-electron chi connectivity index (χ4n) is 1.79. The van der Waals surface area contributed by atoms with Gasteiger partial charge < -0.3 is 16.0 Å². The Hall–Kier alpha value is -1.29. The lowest BCUT2D eigenvalue weighted by atomic mass is 10.2. The van der Waals surface area contributed by atoms with Crippen molar-refractivity contribution in [3.05, 3.63) is 17.8 Å². The highest BCUT2D eigenvalue weighted by atomic mass is 15.1. The van der Waals surface area contributed by atoms with Gasteiger partial charge >= 0.3 is 0 Å². The van der Waals surface area contributed by atoms with E-state index >= 15 is 0 Å². The zero-order chi connectivity index (χ0) is 12.7. The van der Waals surface area contributed by atoms with Gasteiger partial charge in [0.15, 0.2) is 0 Å². The van der Waals surface area contributed by atoms with Gasteiger partial charge in [-0.05, 0) is 38.1 Å². The number of hydrogen-bond donors (Lipinski definition) is 2. The molecule has 0 radical (unpaired) electrons. The van der Waals surface area contributed by atoms with E-state index in [9.17, 15) is 0 Å². The van der Waals surface area contributed by atoms with Crippen LogP contribution in [0.25, 0.3) is 0 Å². The number of likely N-dealkylation sites (N-methyl/N-ethyl adjacent to an activating group) is 1. The molecule has 4 nitrogen and oxygen atoms in total. The standard InChI is InChI=1S/C13H24N4/c1-4-9-17(5-2)10-8-16-13-12(14)11(3)6-7-15-13/h6-7H,4-5,8-10,14H2,1-3H3,(H,15,16). The van der Waals surface area contributed by atoms with Crippen molar-refractivity contribution in [2.24, 2.45) is 0 Å². The topological polar surface area (TPSA) is 54.2 Å². The highest BCUT2D eigenvalue weighted by Gasteiger charge is 2.04. The van der Waals surface area contributed by atoms with Gasteiger partial charge in [-0.1, -0.05) is 13.8 Å². The number of aromatic nitrogens is 1. The summed E-state index contributed by atoms with van der Waals surface area (Å²) >= 11 is 0. The second kappa shape index (κ2) is 7.12. The number of hydrogen-bond acceptors (Lipinski definition) is 4. The first-order valence-electron chi connectivity index (χ1n) is 6.36. The van der Waals surface area contributed by atoms with Crippen molar-refractivity contribution in [3.63, 3.8) is 0 Å². The Morgan fingerprint density at radius 2 is 2.12 bits per heavy atom. The molecule has 0 atom stereocenters. The maximum absolute atomic E-state index is 5.95. The number of nitrogens with one attached hydrogen (secondary N) is 1. The summed E-state index contributed by atoms with van der Waals surface area (Å²) in [6.07, 6.45) is 2.98. The first-order valence-corrected chi connectivity index (χ1v) is 6.36. The SMILES string of the molecule is CCCN(CC)CCNc1nccc(C)c1N. The summed E-state index contributed by atoms with van der Waals surface area (Å²) in [5.74, 6) is 0.803. The van der Waals surface area contributed by atoms with Crippen LogP contribution in [0.4, 0.5) is 11.5 Å². The summed E-state index contributed by atoms with van der Waals surface area (Å²) in [7, 11) is 0. The fraction of sp³-hybridized carbons (Fsp3) is 0.615. The van der Waals surface area contributed by atoms with Crippen molar-refractivity contribution in [1.82, 2.24) is 9.88 Å². The van der Waals surface area contributed by atoms with Crippen molar-refractivity contribution in [2.75, 3.05) is 37.2 Å². The molecule has 0 saturated carbocycles. The monoisotopic (exact) mass is 236 g/mol. The molecular formula is C13H24N4. The minimum atomic E-state index is 0.756. The summed E-state index contributed by atoms with van der Waals surface area (Å²) < 4.78 is 0. The van der Waals surface area contributed by atoms with Crippen LogP contribution in [-0.4, -0.2) is 36.1 Å². The van der Waals surface area contributed by atoms with Crippen LogP contribution >= 0.6 is 0 Å². The second-order valence-corrected chi connectivity index (χ2v) is 4.25. The first-order chi connectivity index (χ1) is 8.19. The third-order valence-corrected chi connectivity index (χ3v) is 2.92. The van der Waals surface area contributed by atoms with Gasteiger partial charge in [-0.2, -0.15) is 0 Å². The molecule has 1 aromatic heterocycles. The molecular weight excluding hydrogens is 212 g/mol. The van der Waals surface area contributed by atoms with E-state index < -0.39 is 0 Å². The summed E-state index contributed by atoms with van der Waals surface area (Å²) in [6.45, 7) is 10.5. The molecule has 1 aromatic rings. The van der Waals surface area contributed by atoms with E-state index in [0.717, 1.165) is 43.2 Å². The van der Waals surface area contributed by atoms with E-state index in [0.29, 0.717) is 0 Å². The zero-order valence-electron chi connectivity index (χ0n) is 11.2. The first kappa shape index (κ1) is 13.8. The molecule has 17 heavy (non-hydrogen) atoms. The molecule has 0 aliphatic heterocycles. The molecule has 0 fully saturated rings. The van der Waals surface area contributed by atoms with E-state index in [1.54, 1.807) is 6.20 Å². The maximum atomic E-state index is 5.95. The Morgan fingerprint density at radius 1 is 1.35 bits per heavy atom. The lowest BCUT2D eigenvalue weighted by Gasteiger charge is -2.20. The third kappa shape index (κ3) is 4.23. The molecule has 0 unspecified atom stereocenters. The Kier molecular flexibility index (Phi) is 5.77. The van der Waals surface area contributed by atoms with Crippen molar-refractivity contribution in [2.45, 2.75) is 27.2 Å². The largest absolute Gasteiger partial charge is 0.396 e. The van der Waals surface area contributed by atoms with Crippen molar-refractivity contribution in [1.29, 1.82) is 0 Å². The Morgan fingerprint density at radius 3 is 2.76 bits per heavy atom. The summed E-state index contributed by atoms with van der Waals surface area (Å²) in [6, 6.07) is 1.93. The number of pyridine rings is 1. The van der Waals surface area contributed by atoms with Crippen LogP contribution in [0.2, 0.25) is 0 Å². The van der Waals surface area contributed by atoms with Crippen LogP contribution in [-0.2, 0) is 0 Å². The van der Waals surface area contributed by atoms with Gasteiger partial charge in [0.25, 0.3) is 0 Å². The smallest absolute Gasteiger partial charge is 0.149 e. The molecule has 0 bridgehead atoms. The zero-order valence-corrected chi connectivity index (χ0v) is 11.2. The number of nitrogen functional groups attached to an aromatic ring is 1. The number of nitrogens with zero attached hydrogens (tertiary/aromatic N) is 2. The van der Waals surface area contributed by atoms with E-state index in [1.807, 2.05) is 13.0 Å². The van der Waals surface area contributed by atoms with Crippen LogP contribution in [0.3, 0.4) is 0 Å². The quantitative estimate of drug-likeness (QED) is 0.761. The van der Waals surface area contributed by atoms with Gasteiger partial charge in [-0.15, -0.1) is 0 Å². The predicted molar refractivity (Wildman–Crippen MR) is 74.3 cm³/mol. The molecule has 3 N–H and O–H groups in total. The third-order valence-electron chi connectivity index (χ3n) is 2.92. The molecule has 0 aromatic carbocycles. The fourth-order valence-corrected chi connectivity index (χ4v) is 1.79.